The minimum atomic E-state index is 0.510. The average molecular weight is 273 g/mol. The van der Waals surface area contributed by atoms with E-state index in [4.69, 9.17) is 9.26 Å². The first-order chi connectivity index (χ1) is 9.70. The van der Waals surface area contributed by atoms with Crippen molar-refractivity contribution in [2.75, 3.05) is 0 Å². The van der Waals surface area contributed by atoms with Crippen LogP contribution in [-0.4, -0.2) is 5.16 Å². The van der Waals surface area contributed by atoms with Gasteiger partial charge in [-0.2, -0.15) is 0 Å². The van der Waals surface area contributed by atoms with Gasteiger partial charge in [0.2, 0.25) is 0 Å². The van der Waals surface area contributed by atoms with Crippen molar-refractivity contribution in [1.82, 2.24) is 5.16 Å². The predicted octanol–water partition coefficient (Wildman–Crippen LogP) is 4.60. The first-order valence-corrected chi connectivity index (χ1v) is 7.34. The van der Waals surface area contributed by atoms with Crippen LogP contribution in [0.4, 0.5) is 0 Å². The highest BCUT2D eigenvalue weighted by Crippen LogP contribution is 2.18. The number of unbranched alkanes of at least 4 members (excludes halogenated alkanes) is 2. The molecule has 20 heavy (non-hydrogen) atoms. The third-order valence-corrected chi connectivity index (χ3v) is 3.56. The zero-order valence-electron chi connectivity index (χ0n) is 12.6. The third-order valence-electron chi connectivity index (χ3n) is 3.56. The van der Waals surface area contributed by atoms with E-state index in [1.54, 1.807) is 0 Å². The van der Waals surface area contributed by atoms with Gasteiger partial charge in [0.1, 0.15) is 18.1 Å². The average Bonchev–Trinajstić information content (AvgIpc) is 2.78. The Bertz CT molecular complexity index is 509. The van der Waals surface area contributed by atoms with Crippen LogP contribution in [0.25, 0.3) is 0 Å². The Morgan fingerprint density at radius 1 is 1.10 bits per heavy atom. The highest BCUT2D eigenvalue weighted by molar-refractivity contribution is 5.28. The molecule has 0 saturated heterocycles. The first kappa shape index (κ1) is 14.6. The molecule has 3 nitrogen and oxygen atoms in total. The lowest BCUT2D eigenvalue weighted by atomic mass is 10.1. The summed E-state index contributed by atoms with van der Waals surface area (Å²) < 4.78 is 10.9. The van der Waals surface area contributed by atoms with Crippen molar-refractivity contribution in [2.45, 2.75) is 53.1 Å². The SMILES string of the molecule is CCCCCc1ccc(OCc2c(C)noc2C)cc1. The van der Waals surface area contributed by atoms with Gasteiger partial charge in [-0.25, -0.2) is 0 Å². The van der Waals surface area contributed by atoms with Gasteiger partial charge in [0.25, 0.3) is 0 Å². The van der Waals surface area contributed by atoms with E-state index in [-0.39, 0.29) is 0 Å². The largest absolute Gasteiger partial charge is 0.489 e. The van der Waals surface area contributed by atoms with Gasteiger partial charge in [-0.1, -0.05) is 37.1 Å². The molecule has 0 aliphatic heterocycles. The summed E-state index contributed by atoms with van der Waals surface area (Å²) in [5.74, 6) is 1.72. The van der Waals surface area contributed by atoms with Crippen LogP contribution in [-0.2, 0) is 13.0 Å². The Hall–Kier alpha value is -1.77. The minimum Gasteiger partial charge on any atom is -0.489 e. The smallest absolute Gasteiger partial charge is 0.140 e. The van der Waals surface area contributed by atoms with Crippen molar-refractivity contribution < 1.29 is 9.26 Å². The summed E-state index contributed by atoms with van der Waals surface area (Å²) in [6, 6.07) is 8.38. The highest BCUT2D eigenvalue weighted by atomic mass is 16.5. The van der Waals surface area contributed by atoms with Gasteiger partial charge in [0.05, 0.1) is 11.3 Å². The lowest BCUT2D eigenvalue weighted by Gasteiger charge is -2.07. The van der Waals surface area contributed by atoms with Crippen LogP contribution in [0.1, 0.15) is 48.8 Å². The molecule has 0 aliphatic carbocycles. The molecule has 0 atom stereocenters. The Kier molecular flexibility index (Phi) is 5.22. The molecule has 0 saturated carbocycles. The summed E-state index contributed by atoms with van der Waals surface area (Å²) in [5, 5.41) is 3.93. The van der Waals surface area contributed by atoms with Crippen molar-refractivity contribution >= 4 is 0 Å². The topological polar surface area (TPSA) is 35.3 Å². The van der Waals surface area contributed by atoms with Crippen LogP contribution >= 0.6 is 0 Å². The Morgan fingerprint density at radius 3 is 2.45 bits per heavy atom. The second kappa shape index (κ2) is 7.13. The van der Waals surface area contributed by atoms with Gasteiger partial charge < -0.3 is 9.26 Å². The number of aromatic nitrogens is 1. The van der Waals surface area contributed by atoms with Crippen molar-refractivity contribution in [3.63, 3.8) is 0 Å². The molecule has 0 aliphatic rings. The molecule has 0 radical (unpaired) electrons. The molecule has 0 N–H and O–H groups in total. The normalized spacial score (nSPS) is 10.8. The number of ether oxygens (including phenoxy) is 1. The summed E-state index contributed by atoms with van der Waals surface area (Å²) in [6.07, 6.45) is 4.97. The molecule has 1 aromatic carbocycles. The number of hydrogen-bond acceptors (Lipinski definition) is 3. The number of benzene rings is 1. The molecule has 1 aromatic heterocycles. The van der Waals surface area contributed by atoms with E-state index >= 15 is 0 Å². The van der Waals surface area contributed by atoms with Crippen LogP contribution in [0.15, 0.2) is 28.8 Å². The van der Waals surface area contributed by atoms with Crippen LogP contribution in [0.5, 0.6) is 5.75 Å². The fraction of sp³-hybridized carbons (Fsp3) is 0.471. The zero-order valence-corrected chi connectivity index (χ0v) is 12.6. The number of rotatable bonds is 7. The highest BCUT2D eigenvalue weighted by Gasteiger charge is 2.09. The lowest BCUT2D eigenvalue weighted by molar-refractivity contribution is 0.301. The van der Waals surface area contributed by atoms with Crippen LogP contribution in [0.3, 0.4) is 0 Å². The summed E-state index contributed by atoms with van der Waals surface area (Å²) in [5.41, 5.74) is 3.32. The molecule has 0 amide bonds. The molecule has 0 spiro atoms. The molecule has 108 valence electrons. The summed E-state index contributed by atoms with van der Waals surface area (Å²) >= 11 is 0. The first-order valence-electron chi connectivity index (χ1n) is 7.34. The third kappa shape index (κ3) is 3.86. The summed E-state index contributed by atoms with van der Waals surface area (Å²) in [4.78, 5) is 0. The van der Waals surface area contributed by atoms with E-state index in [1.165, 1.54) is 24.8 Å². The minimum absolute atomic E-state index is 0.510. The van der Waals surface area contributed by atoms with Crippen LogP contribution < -0.4 is 4.74 Å². The molecular weight excluding hydrogens is 250 g/mol. The molecule has 2 rings (SSSR count). The molecule has 0 bridgehead atoms. The Labute approximate surface area is 120 Å². The number of nitrogens with zero attached hydrogens (tertiary/aromatic N) is 1. The molecule has 3 heteroatoms. The standard InChI is InChI=1S/C17H23NO2/c1-4-5-6-7-15-8-10-16(11-9-15)19-12-17-13(2)18-20-14(17)3/h8-11H,4-7,12H2,1-3H3. The second-order valence-electron chi connectivity index (χ2n) is 5.19. The number of hydrogen-bond donors (Lipinski definition) is 0. The van der Waals surface area contributed by atoms with Crippen LogP contribution in [0, 0.1) is 13.8 Å². The summed E-state index contributed by atoms with van der Waals surface area (Å²) in [7, 11) is 0. The van der Waals surface area contributed by atoms with Crippen LogP contribution in [0.2, 0.25) is 0 Å². The maximum absolute atomic E-state index is 5.79. The monoisotopic (exact) mass is 273 g/mol. The predicted molar refractivity (Wildman–Crippen MR) is 80.0 cm³/mol. The van der Waals surface area contributed by atoms with E-state index in [0.717, 1.165) is 29.2 Å². The molecule has 0 fully saturated rings. The van der Waals surface area contributed by atoms with Gasteiger partial charge in [-0.3, -0.25) is 0 Å². The van der Waals surface area contributed by atoms with Crippen molar-refractivity contribution in [1.29, 1.82) is 0 Å². The Morgan fingerprint density at radius 2 is 1.85 bits per heavy atom. The Balaban J connectivity index is 1.88. The van der Waals surface area contributed by atoms with E-state index in [0.29, 0.717) is 6.61 Å². The van der Waals surface area contributed by atoms with Gasteiger partial charge in [0.15, 0.2) is 0 Å². The maximum atomic E-state index is 5.79. The van der Waals surface area contributed by atoms with E-state index in [1.807, 2.05) is 26.0 Å². The lowest BCUT2D eigenvalue weighted by Crippen LogP contribution is -1.98. The quantitative estimate of drug-likeness (QED) is 0.691. The van der Waals surface area contributed by atoms with Crippen molar-refractivity contribution in [3.8, 4) is 5.75 Å². The van der Waals surface area contributed by atoms with E-state index in [9.17, 15) is 0 Å². The van der Waals surface area contributed by atoms with E-state index < -0.39 is 0 Å². The van der Waals surface area contributed by atoms with Crippen molar-refractivity contribution in [2.24, 2.45) is 0 Å². The second-order valence-corrected chi connectivity index (χ2v) is 5.19. The summed E-state index contributed by atoms with van der Waals surface area (Å²) in [6.45, 7) is 6.59. The maximum Gasteiger partial charge on any atom is 0.140 e. The van der Waals surface area contributed by atoms with Crippen molar-refractivity contribution in [3.05, 3.63) is 46.8 Å². The fourth-order valence-corrected chi connectivity index (χ4v) is 2.19. The molecule has 0 unspecified atom stereocenters. The van der Waals surface area contributed by atoms with Gasteiger partial charge in [-0.05, 0) is 44.4 Å². The molecule has 2 aromatic rings. The van der Waals surface area contributed by atoms with Gasteiger partial charge in [0, 0.05) is 0 Å². The fourth-order valence-electron chi connectivity index (χ4n) is 2.19. The van der Waals surface area contributed by atoms with E-state index in [2.05, 4.69) is 24.2 Å². The molecular formula is C17H23NO2. The zero-order chi connectivity index (χ0) is 14.4. The number of aryl methyl sites for hydroxylation is 3. The van der Waals surface area contributed by atoms with Gasteiger partial charge in [-0.15, -0.1) is 0 Å². The molecule has 1 heterocycles. The van der Waals surface area contributed by atoms with Gasteiger partial charge >= 0.3 is 0 Å².